The number of fused-ring (bicyclic) bond motifs is 1. The Morgan fingerprint density at radius 2 is 1.87 bits per heavy atom. The first-order valence-electron chi connectivity index (χ1n) is 7.36. The van der Waals surface area contributed by atoms with Gasteiger partial charge in [-0.05, 0) is 54.8 Å². The van der Waals surface area contributed by atoms with Gasteiger partial charge in [0.05, 0.1) is 7.11 Å². The molecule has 0 aliphatic heterocycles. The molecule has 0 atom stereocenters. The molecule has 0 amide bonds. The Bertz CT molecular complexity index is 835. The lowest BCUT2D eigenvalue weighted by atomic mass is 10.1. The number of methoxy groups -OCH3 is 1. The summed E-state index contributed by atoms with van der Waals surface area (Å²) in [5.74, 6) is 0.838. The molecule has 2 aromatic carbocycles. The van der Waals surface area contributed by atoms with Gasteiger partial charge in [-0.25, -0.2) is 0 Å². The van der Waals surface area contributed by atoms with Crippen molar-refractivity contribution in [2.24, 2.45) is 0 Å². The number of rotatable bonds is 5. The zero-order chi connectivity index (χ0) is 16.4. The molecule has 0 saturated carbocycles. The summed E-state index contributed by atoms with van der Waals surface area (Å²) in [5, 5.41) is 28.9. The fourth-order valence-electron chi connectivity index (χ4n) is 2.58. The summed E-state index contributed by atoms with van der Waals surface area (Å²) in [6.07, 6.45) is 1.44. The minimum atomic E-state index is -0.196. The van der Waals surface area contributed by atoms with Crippen molar-refractivity contribution in [3.63, 3.8) is 0 Å². The highest BCUT2D eigenvalue weighted by atomic mass is 16.5. The van der Waals surface area contributed by atoms with E-state index in [9.17, 15) is 10.2 Å². The number of aromatic hydroxyl groups is 2. The summed E-state index contributed by atoms with van der Waals surface area (Å²) in [7, 11) is 1.58. The average molecular weight is 314 g/mol. The van der Waals surface area contributed by atoms with E-state index in [1.807, 2.05) is 18.2 Å². The quantitative estimate of drug-likeness (QED) is 0.628. The molecule has 5 heteroatoms. The molecule has 23 heavy (non-hydrogen) atoms. The predicted molar refractivity (Wildman–Crippen MR) is 86.9 cm³/mol. The molecule has 0 bridgehead atoms. The molecule has 0 fully saturated rings. The highest BCUT2D eigenvalue weighted by molar-refractivity contribution is 5.88. The lowest BCUT2D eigenvalue weighted by molar-refractivity contribution is 0.288. The maximum Gasteiger partial charge on any atom is 0.176 e. The number of aryl methyl sites for hydroxylation is 1. The first kappa shape index (κ1) is 15.2. The van der Waals surface area contributed by atoms with Crippen molar-refractivity contribution in [1.29, 1.82) is 0 Å². The maximum absolute atomic E-state index is 9.64. The minimum absolute atomic E-state index is 0.143. The average Bonchev–Trinajstić information content (AvgIpc) is 2.98. The standard InChI is InChI=1S/C18H18O5/c1-22-17-8-11(3-2-6-19)7-13-10-16(23-18(13)17)12-4-5-14(20)15(21)9-12/h4-5,7-10,19-21H,2-3,6H2,1H3. The molecule has 1 aromatic heterocycles. The van der Waals surface area contributed by atoms with Crippen LogP contribution in [0.25, 0.3) is 22.3 Å². The van der Waals surface area contributed by atoms with Crippen molar-refractivity contribution in [3.05, 3.63) is 42.0 Å². The van der Waals surface area contributed by atoms with Gasteiger partial charge >= 0.3 is 0 Å². The third-order valence-corrected chi connectivity index (χ3v) is 3.75. The third-order valence-electron chi connectivity index (χ3n) is 3.75. The van der Waals surface area contributed by atoms with E-state index in [1.54, 1.807) is 13.2 Å². The van der Waals surface area contributed by atoms with Crippen LogP contribution < -0.4 is 4.74 Å². The van der Waals surface area contributed by atoms with E-state index in [0.717, 1.165) is 17.4 Å². The first-order chi connectivity index (χ1) is 11.1. The number of phenols is 2. The van der Waals surface area contributed by atoms with Crippen LogP contribution in [0.4, 0.5) is 0 Å². The molecule has 120 valence electrons. The summed E-state index contributed by atoms with van der Waals surface area (Å²) in [6, 6.07) is 10.3. The Morgan fingerprint density at radius 1 is 1.04 bits per heavy atom. The zero-order valence-electron chi connectivity index (χ0n) is 12.7. The first-order valence-corrected chi connectivity index (χ1v) is 7.36. The molecule has 5 nitrogen and oxygen atoms in total. The highest BCUT2D eigenvalue weighted by Gasteiger charge is 2.13. The largest absolute Gasteiger partial charge is 0.504 e. The predicted octanol–water partition coefficient (Wildman–Crippen LogP) is 3.44. The molecule has 0 radical (unpaired) electrons. The van der Waals surface area contributed by atoms with Crippen LogP contribution in [0.2, 0.25) is 0 Å². The second-order valence-corrected chi connectivity index (χ2v) is 5.36. The summed E-state index contributed by atoms with van der Waals surface area (Å²) >= 11 is 0. The van der Waals surface area contributed by atoms with Gasteiger partial charge in [-0.15, -0.1) is 0 Å². The molecule has 1 heterocycles. The fraction of sp³-hybridized carbons (Fsp3) is 0.222. The van der Waals surface area contributed by atoms with E-state index >= 15 is 0 Å². The van der Waals surface area contributed by atoms with E-state index in [2.05, 4.69) is 0 Å². The van der Waals surface area contributed by atoms with Gasteiger partial charge in [-0.2, -0.15) is 0 Å². The molecule has 0 aliphatic carbocycles. The van der Waals surface area contributed by atoms with Gasteiger partial charge in [-0.1, -0.05) is 0 Å². The number of benzene rings is 2. The monoisotopic (exact) mass is 314 g/mol. The van der Waals surface area contributed by atoms with Gasteiger partial charge < -0.3 is 24.5 Å². The van der Waals surface area contributed by atoms with E-state index in [0.29, 0.717) is 29.1 Å². The molecule has 3 aromatic rings. The summed E-state index contributed by atoms with van der Waals surface area (Å²) in [6.45, 7) is 0.143. The lowest BCUT2D eigenvalue weighted by Crippen LogP contribution is -1.91. The Hall–Kier alpha value is -2.66. The lowest BCUT2D eigenvalue weighted by Gasteiger charge is -2.05. The summed E-state index contributed by atoms with van der Waals surface area (Å²) in [5.41, 5.74) is 2.35. The van der Waals surface area contributed by atoms with Gasteiger partial charge in [0, 0.05) is 17.6 Å². The van der Waals surface area contributed by atoms with Crippen molar-refractivity contribution in [3.8, 4) is 28.6 Å². The van der Waals surface area contributed by atoms with Crippen LogP contribution in [0.5, 0.6) is 17.2 Å². The number of aliphatic hydroxyl groups is 1. The van der Waals surface area contributed by atoms with E-state index < -0.39 is 0 Å². The summed E-state index contributed by atoms with van der Waals surface area (Å²) < 4.78 is 11.3. The molecule has 0 saturated heterocycles. The number of furan rings is 1. The number of hydrogen-bond donors (Lipinski definition) is 3. The number of hydrogen-bond acceptors (Lipinski definition) is 5. The topological polar surface area (TPSA) is 83.1 Å². The maximum atomic E-state index is 9.64. The van der Waals surface area contributed by atoms with Gasteiger partial charge in [0.1, 0.15) is 5.76 Å². The number of phenolic OH excluding ortho intramolecular Hbond substituents is 2. The number of aliphatic hydroxyl groups excluding tert-OH is 1. The Balaban J connectivity index is 2.07. The van der Waals surface area contributed by atoms with Crippen LogP contribution in [-0.4, -0.2) is 29.0 Å². The number of ether oxygens (including phenoxy) is 1. The fourth-order valence-corrected chi connectivity index (χ4v) is 2.58. The van der Waals surface area contributed by atoms with E-state index in [1.165, 1.54) is 12.1 Å². The molecule has 0 aliphatic rings. The van der Waals surface area contributed by atoms with Crippen LogP contribution >= 0.6 is 0 Å². The molecular weight excluding hydrogens is 296 g/mol. The third kappa shape index (κ3) is 2.96. The molecule has 3 rings (SSSR count). The van der Waals surface area contributed by atoms with Gasteiger partial charge in [0.2, 0.25) is 0 Å². The normalized spacial score (nSPS) is 11.0. The van der Waals surface area contributed by atoms with Gasteiger partial charge in [-0.3, -0.25) is 0 Å². The van der Waals surface area contributed by atoms with Crippen molar-refractivity contribution in [2.45, 2.75) is 12.8 Å². The van der Waals surface area contributed by atoms with Crippen LogP contribution in [0, 0.1) is 0 Å². The Kier molecular flexibility index (Phi) is 4.12. The highest BCUT2D eigenvalue weighted by Crippen LogP contribution is 2.37. The molecule has 0 spiro atoms. The van der Waals surface area contributed by atoms with Crippen molar-refractivity contribution in [2.75, 3.05) is 13.7 Å². The van der Waals surface area contributed by atoms with Crippen LogP contribution in [-0.2, 0) is 6.42 Å². The zero-order valence-corrected chi connectivity index (χ0v) is 12.7. The van der Waals surface area contributed by atoms with Crippen molar-refractivity contribution >= 4 is 11.0 Å². The van der Waals surface area contributed by atoms with Crippen molar-refractivity contribution < 1.29 is 24.5 Å². The second kappa shape index (κ2) is 6.22. The van der Waals surface area contributed by atoms with Gasteiger partial charge in [0.15, 0.2) is 22.8 Å². The van der Waals surface area contributed by atoms with E-state index in [4.69, 9.17) is 14.3 Å². The van der Waals surface area contributed by atoms with Crippen LogP contribution in [0.1, 0.15) is 12.0 Å². The Labute approximate surface area is 133 Å². The smallest absolute Gasteiger partial charge is 0.176 e. The van der Waals surface area contributed by atoms with Crippen LogP contribution in [0.15, 0.2) is 40.8 Å². The Morgan fingerprint density at radius 3 is 2.57 bits per heavy atom. The SMILES string of the molecule is COc1cc(CCCO)cc2cc(-c3ccc(O)c(O)c3)oc12. The van der Waals surface area contributed by atoms with E-state index in [-0.39, 0.29) is 18.1 Å². The van der Waals surface area contributed by atoms with Crippen molar-refractivity contribution in [1.82, 2.24) is 0 Å². The van der Waals surface area contributed by atoms with Gasteiger partial charge in [0.25, 0.3) is 0 Å². The molecule has 3 N–H and O–H groups in total. The second-order valence-electron chi connectivity index (χ2n) is 5.36. The molecular formula is C18H18O5. The minimum Gasteiger partial charge on any atom is -0.504 e. The van der Waals surface area contributed by atoms with Crippen LogP contribution in [0.3, 0.4) is 0 Å². The summed E-state index contributed by atoms with van der Waals surface area (Å²) in [4.78, 5) is 0. The molecule has 0 unspecified atom stereocenters.